The first-order valence-corrected chi connectivity index (χ1v) is 9.38. The average Bonchev–Trinajstić information content (AvgIpc) is 3.29. The second kappa shape index (κ2) is 6.72. The molecule has 3 aromatic rings. The van der Waals surface area contributed by atoms with Crippen molar-refractivity contribution in [3.63, 3.8) is 0 Å². The zero-order valence-corrected chi connectivity index (χ0v) is 15.6. The SMILES string of the molecule is OC(c1cnc(Cl)s1)(c1ccc(F)cc1F)C1(Oc2ccc(F)cc2F)CC1. The van der Waals surface area contributed by atoms with Crippen LogP contribution in [0.3, 0.4) is 0 Å². The summed E-state index contributed by atoms with van der Waals surface area (Å²) in [5.74, 6) is -3.86. The maximum Gasteiger partial charge on any atom is 0.183 e. The molecule has 0 saturated heterocycles. The molecule has 1 N–H and O–H groups in total. The number of hydrogen-bond acceptors (Lipinski definition) is 4. The quantitative estimate of drug-likeness (QED) is 0.567. The van der Waals surface area contributed by atoms with Crippen molar-refractivity contribution in [2.45, 2.75) is 24.0 Å². The van der Waals surface area contributed by atoms with Gasteiger partial charge in [-0.05, 0) is 37.1 Å². The number of hydrogen-bond donors (Lipinski definition) is 1. The fourth-order valence-electron chi connectivity index (χ4n) is 3.23. The molecule has 3 nitrogen and oxygen atoms in total. The molecule has 0 aliphatic heterocycles. The minimum absolute atomic E-state index is 0.0970. The largest absolute Gasteiger partial charge is 0.480 e. The van der Waals surface area contributed by atoms with Crippen LogP contribution in [0.4, 0.5) is 17.6 Å². The van der Waals surface area contributed by atoms with E-state index in [1.54, 1.807) is 0 Å². The van der Waals surface area contributed by atoms with Gasteiger partial charge in [-0.25, -0.2) is 22.5 Å². The summed E-state index contributed by atoms with van der Waals surface area (Å²) in [6.45, 7) is 0. The second-order valence-electron chi connectivity index (χ2n) is 6.48. The fraction of sp³-hybridized carbons (Fsp3) is 0.211. The summed E-state index contributed by atoms with van der Waals surface area (Å²) in [4.78, 5) is 4.04. The molecular formula is C19H12ClF4NO2S. The molecule has 1 aliphatic rings. The Kier molecular flexibility index (Phi) is 4.60. The summed E-state index contributed by atoms with van der Waals surface area (Å²) in [7, 11) is 0. The van der Waals surface area contributed by atoms with Gasteiger partial charge < -0.3 is 9.84 Å². The molecule has 28 heavy (non-hydrogen) atoms. The summed E-state index contributed by atoms with van der Waals surface area (Å²) in [6.07, 6.45) is 1.75. The molecule has 4 rings (SSSR count). The van der Waals surface area contributed by atoms with Gasteiger partial charge in [0.1, 0.15) is 23.1 Å². The number of nitrogens with zero attached hydrogens (tertiary/aromatic N) is 1. The predicted molar refractivity (Wildman–Crippen MR) is 95.4 cm³/mol. The Labute approximate surface area is 166 Å². The van der Waals surface area contributed by atoms with E-state index in [2.05, 4.69) is 4.98 Å². The maximum absolute atomic E-state index is 14.6. The normalized spacial score (nSPS) is 17.2. The smallest absolute Gasteiger partial charge is 0.183 e. The molecule has 1 atom stereocenters. The van der Waals surface area contributed by atoms with Crippen LogP contribution in [0.5, 0.6) is 5.75 Å². The van der Waals surface area contributed by atoms with Gasteiger partial charge in [-0.1, -0.05) is 11.6 Å². The van der Waals surface area contributed by atoms with E-state index in [1.807, 2.05) is 0 Å². The van der Waals surface area contributed by atoms with E-state index in [0.717, 1.165) is 35.6 Å². The Morgan fingerprint density at radius 1 is 1.04 bits per heavy atom. The number of rotatable bonds is 5. The lowest BCUT2D eigenvalue weighted by Gasteiger charge is -2.36. The van der Waals surface area contributed by atoms with Crippen LogP contribution >= 0.6 is 22.9 Å². The lowest BCUT2D eigenvalue weighted by molar-refractivity contribution is -0.0544. The Hall–Kier alpha value is -2.16. The topological polar surface area (TPSA) is 42.4 Å². The summed E-state index contributed by atoms with van der Waals surface area (Å²) in [5.41, 5.74) is -3.83. The van der Waals surface area contributed by atoms with Crippen LogP contribution in [-0.4, -0.2) is 15.7 Å². The van der Waals surface area contributed by atoms with Crippen molar-refractivity contribution in [3.05, 3.63) is 80.8 Å². The molecule has 146 valence electrons. The highest BCUT2D eigenvalue weighted by Crippen LogP contribution is 2.57. The third-order valence-corrected chi connectivity index (χ3v) is 5.94. The lowest BCUT2D eigenvalue weighted by Crippen LogP contribution is -2.47. The summed E-state index contributed by atoms with van der Waals surface area (Å²) >= 11 is 6.79. The highest BCUT2D eigenvalue weighted by molar-refractivity contribution is 7.15. The first kappa shape index (κ1) is 19.2. The fourth-order valence-corrected chi connectivity index (χ4v) is 4.36. The molecule has 9 heteroatoms. The van der Waals surface area contributed by atoms with Crippen molar-refractivity contribution in [3.8, 4) is 5.75 Å². The minimum atomic E-state index is -2.11. The first-order chi connectivity index (χ1) is 13.2. The Balaban J connectivity index is 1.86. The molecule has 1 saturated carbocycles. The van der Waals surface area contributed by atoms with Crippen LogP contribution in [0.15, 0.2) is 42.6 Å². The highest BCUT2D eigenvalue weighted by Gasteiger charge is 2.65. The van der Waals surface area contributed by atoms with E-state index in [0.29, 0.717) is 12.1 Å². The van der Waals surface area contributed by atoms with Gasteiger partial charge in [0.05, 0.1) is 4.88 Å². The number of aliphatic hydroxyl groups is 1. The monoisotopic (exact) mass is 429 g/mol. The zero-order chi connectivity index (χ0) is 20.1. The van der Waals surface area contributed by atoms with E-state index in [-0.39, 0.29) is 33.5 Å². The van der Waals surface area contributed by atoms with Crippen LogP contribution in [0, 0.1) is 23.3 Å². The van der Waals surface area contributed by atoms with Crippen molar-refractivity contribution < 1.29 is 27.4 Å². The number of aromatic nitrogens is 1. The van der Waals surface area contributed by atoms with Crippen molar-refractivity contribution in [2.75, 3.05) is 0 Å². The summed E-state index contributed by atoms with van der Waals surface area (Å²) < 4.78 is 61.2. The van der Waals surface area contributed by atoms with Gasteiger partial charge in [-0.2, -0.15) is 0 Å². The number of thiazole rings is 1. The van der Waals surface area contributed by atoms with Gasteiger partial charge in [0.25, 0.3) is 0 Å². The van der Waals surface area contributed by atoms with E-state index < -0.39 is 34.5 Å². The van der Waals surface area contributed by atoms with Gasteiger partial charge in [0.2, 0.25) is 0 Å². The van der Waals surface area contributed by atoms with Gasteiger partial charge in [0, 0.05) is 23.9 Å². The van der Waals surface area contributed by atoms with Gasteiger partial charge >= 0.3 is 0 Å². The molecule has 0 amide bonds. The van der Waals surface area contributed by atoms with Crippen LogP contribution in [0.1, 0.15) is 23.3 Å². The maximum atomic E-state index is 14.6. The number of benzene rings is 2. The molecule has 1 heterocycles. The van der Waals surface area contributed by atoms with Gasteiger partial charge in [-0.3, -0.25) is 0 Å². The predicted octanol–water partition coefficient (Wildman–Crippen LogP) is 5.20. The molecule has 1 aromatic heterocycles. The van der Waals surface area contributed by atoms with E-state index in [9.17, 15) is 22.7 Å². The van der Waals surface area contributed by atoms with Crippen molar-refractivity contribution >= 4 is 22.9 Å². The average molecular weight is 430 g/mol. The van der Waals surface area contributed by atoms with Crippen molar-refractivity contribution in [1.29, 1.82) is 0 Å². The molecule has 1 unspecified atom stereocenters. The Morgan fingerprint density at radius 2 is 1.68 bits per heavy atom. The highest BCUT2D eigenvalue weighted by atomic mass is 35.5. The van der Waals surface area contributed by atoms with Crippen LogP contribution in [0.25, 0.3) is 0 Å². The first-order valence-electron chi connectivity index (χ1n) is 8.19. The van der Waals surface area contributed by atoms with Gasteiger partial charge in [0.15, 0.2) is 21.6 Å². The third kappa shape index (κ3) is 3.05. The van der Waals surface area contributed by atoms with E-state index in [1.165, 1.54) is 6.20 Å². The molecule has 0 spiro atoms. The minimum Gasteiger partial charge on any atom is -0.480 e. The van der Waals surface area contributed by atoms with Gasteiger partial charge in [-0.15, -0.1) is 11.3 Å². The van der Waals surface area contributed by atoms with E-state index in [4.69, 9.17) is 16.3 Å². The molecular weight excluding hydrogens is 418 g/mol. The molecule has 1 aliphatic carbocycles. The van der Waals surface area contributed by atoms with Crippen molar-refractivity contribution in [2.24, 2.45) is 0 Å². The third-order valence-electron chi connectivity index (χ3n) is 4.72. The summed E-state index contributed by atoms with van der Waals surface area (Å²) in [6, 6.07) is 5.48. The van der Waals surface area contributed by atoms with Crippen LogP contribution in [-0.2, 0) is 5.60 Å². The van der Waals surface area contributed by atoms with Crippen LogP contribution in [0.2, 0.25) is 4.47 Å². The zero-order valence-electron chi connectivity index (χ0n) is 14.1. The Bertz CT molecular complexity index is 1060. The van der Waals surface area contributed by atoms with E-state index >= 15 is 0 Å². The second-order valence-corrected chi connectivity index (χ2v) is 8.10. The lowest BCUT2D eigenvalue weighted by atomic mass is 9.84. The van der Waals surface area contributed by atoms with Crippen molar-refractivity contribution in [1.82, 2.24) is 4.98 Å². The molecule has 2 aromatic carbocycles. The molecule has 1 fully saturated rings. The molecule has 0 bridgehead atoms. The Morgan fingerprint density at radius 3 is 2.21 bits per heavy atom. The number of halogens is 5. The summed E-state index contributed by atoms with van der Waals surface area (Å²) in [5, 5.41) is 11.7. The van der Waals surface area contributed by atoms with Crippen LogP contribution < -0.4 is 4.74 Å². The standard InChI is InChI=1S/C19H12ClF4NO2S/c20-17-25-9-16(28-17)19(26,12-3-1-10(21)7-13(12)23)18(5-6-18)27-15-4-2-11(22)8-14(15)24/h1-4,7-9,26H,5-6H2. The molecule has 0 radical (unpaired) electrons. The number of ether oxygens (including phenoxy) is 1.